The van der Waals surface area contributed by atoms with E-state index >= 15 is 0 Å². The van der Waals surface area contributed by atoms with Crippen LogP contribution in [0.5, 0.6) is 0 Å². The van der Waals surface area contributed by atoms with Crippen LogP contribution in [0.1, 0.15) is 31.2 Å². The Morgan fingerprint density at radius 3 is 2.26 bits per heavy atom. The van der Waals surface area contributed by atoms with Gasteiger partial charge in [-0.3, -0.25) is 9.47 Å². The number of nitrogens with zero attached hydrogens (tertiary/aromatic N) is 7. The Hall–Kier alpha value is -4.74. The SMILES string of the molecule is N#CN1CCC2(CC1)CCN(Cc1ccc(-n3c(-c4cccnc4N)nc4ccc(-c5ccccc5)nc43)cc1)CC2. The van der Waals surface area contributed by atoms with Crippen molar-refractivity contribution < 1.29 is 0 Å². The number of hydrogen-bond donors (Lipinski definition) is 1. The lowest BCUT2D eigenvalue weighted by Gasteiger charge is -2.46. The molecule has 3 aromatic heterocycles. The summed E-state index contributed by atoms with van der Waals surface area (Å²) in [4.78, 5) is 18.9. The monoisotopic (exact) mass is 554 g/mol. The molecule has 5 aromatic rings. The van der Waals surface area contributed by atoms with Crippen molar-refractivity contribution in [2.75, 3.05) is 31.9 Å². The summed E-state index contributed by atoms with van der Waals surface area (Å²) in [6.45, 7) is 4.98. The van der Waals surface area contributed by atoms with E-state index in [1.165, 1.54) is 18.4 Å². The molecule has 42 heavy (non-hydrogen) atoms. The molecule has 0 amide bonds. The van der Waals surface area contributed by atoms with Crippen molar-refractivity contribution in [2.45, 2.75) is 32.2 Å². The van der Waals surface area contributed by atoms with Gasteiger partial charge in [0, 0.05) is 37.1 Å². The number of piperidine rings is 2. The van der Waals surface area contributed by atoms with Crippen molar-refractivity contribution in [1.29, 1.82) is 5.26 Å². The summed E-state index contributed by atoms with van der Waals surface area (Å²) in [6.07, 6.45) is 8.75. The number of hydrogen-bond acceptors (Lipinski definition) is 7. The van der Waals surface area contributed by atoms with Crippen LogP contribution in [0.15, 0.2) is 85.1 Å². The van der Waals surface area contributed by atoms with Crippen LogP contribution in [0.2, 0.25) is 0 Å². The van der Waals surface area contributed by atoms with Gasteiger partial charge < -0.3 is 10.6 Å². The van der Waals surface area contributed by atoms with Crippen molar-refractivity contribution in [3.05, 3.63) is 90.6 Å². The van der Waals surface area contributed by atoms with E-state index in [0.717, 1.165) is 85.1 Å². The molecule has 2 aromatic carbocycles. The highest BCUT2D eigenvalue weighted by Gasteiger charge is 2.37. The van der Waals surface area contributed by atoms with Crippen LogP contribution >= 0.6 is 0 Å². The van der Waals surface area contributed by atoms with Crippen molar-refractivity contribution in [3.8, 4) is 34.5 Å². The van der Waals surface area contributed by atoms with Crippen molar-refractivity contribution in [3.63, 3.8) is 0 Å². The zero-order chi connectivity index (χ0) is 28.5. The molecule has 0 radical (unpaired) electrons. The first-order valence-corrected chi connectivity index (χ1v) is 14.7. The molecule has 5 heterocycles. The standard InChI is InChI=1S/C34H34N8/c35-24-41-21-16-34(17-22-41)14-19-40(20-15-34)23-25-8-10-27(11-9-25)42-32(28-7-4-18-37-31(28)36)39-30-13-12-29(38-33(30)42)26-5-2-1-3-6-26/h1-13,18H,14-17,19-23H2,(H2,36,37). The van der Waals surface area contributed by atoms with Gasteiger partial charge in [0.05, 0.1) is 11.3 Å². The molecule has 210 valence electrons. The zero-order valence-electron chi connectivity index (χ0n) is 23.7. The van der Waals surface area contributed by atoms with Crippen LogP contribution < -0.4 is 5.73 Å². The minimum atomic E-state index is 0.423. The molecule has 0 atom stereocenters. The van der Waals surface area contributed by atoms with E-state index in [9.17, 15) is 5.26 Å². The Bertz CT molecular complexity index is 1730. The van der Waals surface area contributed by atoms with Crippen molar-refractivity contribution >= 4 is 17.0 Å². The summed E-state index contributed by atoms with van der Waals surface area (Å²) < 4.78 is 2.09. The fraction of sp³-hybridized carbons (Fsp3) is 0.294. The third-order valence-electron chi connectivity index (χ3n) is 9.14. The fourth-order valence-electron chi connectivity index (χ4n) is 6.53. The van der Waals surface area contributed by atoms with E-state index < -0.39 is 0 Å². The fourth-order valence-corrected chi connectivity index (χ4v) is 6.53. The van der Waals surface area contributed by atoms with E-state index in [1.807, 2.05) is 47.4 Å². The van der Waals surface area contributed by atoms with Crippen LogP contribution in [0.25, 0.3) is 39.5 Å². The van der Waals surface area contributed by atoms with Crippen LogP contribution in [0, 0.1) is 16.9 Å². The van der Waals surface area contributed by atoms with E-state index in [1.54, 1.807) is 6.20 Å². The van der Waals surface area contributed by atoms with E-state index in [2.05, 4.69) is 57.0 Å². The number of nitriles is 1. The maximum atomic E-state index is 9.21. The summed E-state index contributed by atoms with van der Waals surface area (Å²) in [5.74, 6) is 1.17. The molecule has 2 fully saturated rings. The number of nitrogens with two attached hydrogens (primary N) is 1. The smallest absolute Gasteiger partial charge is 0.179 e. The van der Waals surface area contributed by atoms with Gasteiger partial charge in [-0.2, -0.15) is 5.26 Å². The lowest BCUT2D eigenvalue weighted by atomic mass is 9.71. The second-order valence-electron chi connectivity index (χ2n) is 11.6. The van der Waals surface area contributed by atoms with Gasteiger partial charge in [-0.25, -0.2) is 15.0 Å². The van der Waals surface area contributed by atoms with Gasteiger partial charge in [0.15, 0.2) is 17.7 Å². The summed E-state index contributed by atoms with van der Waals surface area (Å²) in [5, 5.41) is 9.21. The molecular formula is C34H34N8. The number of aromatic nitrogens is 4. The highest BCUT2D eigenvalue weighted by molar-refractivity contribution is 5.84. The topological polar surface area (TPSA) is 99.9 Å². The number of likely N-dealkylation sites (tertiary alicyclic amines) is 2. The van der Waals surface area contributed by atoms with E-state index in [-0.39, 0.29) is 0 Å². The molecule has 0 aliphatic carbocycles. The first-order valence-electron chi connectivity index (χ1n) is 14.7. The average Bonchev–Trinajstić information content (AvgIpc) is 3.42. The Kier molecular flexibility index (Phi) is 6.80. The van der Waals surface area contributed by atoms with E-state index in [0.29, 0.717) is 11.2 Å². The molecule has 1 spiro atoms. The largest absolute Gasteiger partial charge is 0.383 e. The second kappa shape index (κ2) is 10.9. The van der Waals surface area contributed by atoms with Crippen molar-refractivity contribution in [2.24, 2.45) is 5.41 Å². The van der Waals surface area contributed by atoms with Gasteiger partial charge in [-0.15, -0.1) is 0 Å². The predicted octanol–water partition coefficient (Wildman–Crippen LogP) is 5.89. The Labute approximate surface area is 246 Å². The van der Waals surface area contributed by atoms with Gasteiger partial charge in [0.1, 0.15) is 11.3 Å². The molecule has 0 saturated carbocycles. The van der Waals surface area contributed by atoms with Gasteiger partial charge in [-0.05, 0) is 86.1 Å². The first kappa shape index (κ1) is 26.2. The predicted molar refractivity (Wildman–Crippen MR) is 165 cm³/mol. The molecule has 2 saturated heterocycles. The molecule has 8 nitrogen and oxygen atoms in total. The number of anilines is 1. The van der Waals surface area contributed by atoms with Gasteiger partial charge in [-0.1, -0.05) is 42.5 Å². The summed E-state index contributed by atoms with van der Waals surface area (Å²) in [6, 6.07) is 26.8. The molecule has 2 aliphatic rings. The maximum absolute atomic E-state index is 9.21. The summed E-state index contributed by atoms with van der Waals surface area (Å²) in [7, 11) is 0. The summed E-state index contributed by atoms with van der Waals surface area (Å²) >= 11 is 0. The van der Waals surface area contributed by atoms with Gasteiger partial charge in [0.2, 0.25) is 0 Å². The summed E-state index contributed by atoms with van der Waals surface area (Å²) in [5.41, 5.74) is 13.4. The molecule has 2 N–H and O–H groups in total. The van der Waals surface area contributed by atoms with Gasteiger partial charge >= 0.3 is 0 Å². The first-order chi connectivity index (χ1) is 20.6. The van der Waals surface area contributed by atoms with Crippen LogP contribution in [0.3, 0.4) is 0 Å². The molecular weight excluding hydrogens is 520 g/mol. The number of nitrogen functional groups attached to an aromatic ring is 1. The molecule has 2 aliphatic heterocycles. The molecule has 0 bridgehead atoms. The van der Waals surface area contributed by atoms with Crippen molar-refractivity contribution in [1.82, 2.24) is 29.3 Å². The molecule has 0 unspecified atom stereocenters. The minimum absolute atomic E-state index is 0.423. The molecule has 7 rings (SSSR count). The number of rotatable bonds is 5. The van der Waals surface area contributed by atoms with Gasteiger partial charge in [0.25, 0.3) is 0 Å². The average molecular weight is 555 g/mol. The number of fused-ring (bicyclic) bond motifs is 1. The minimum Gasteiger partial charge on any atom is -0.383 e. The number of imidazole rings is 1. The number of pyridine rings is 2. The highest BCUT2D eigenvalue weighted by Crippen LogP contribution is 2.41. The lowest BCUT2D eigenvalue weighted by molar-refractivity contribution is 0.0473. The zero-order valence-corrected chi connectivity index (χ0v) is 23.7. The molecule has 8 heteroatoms. The lowest BCUT2D eigenvalue weighted by Crippen LogP contribution is -2.45. The van der Waals surface area contributed by atoms with E-state index in [4.69, 9.17) is 15.7 Å². The Morgan fingerprint density at radius 2 is 1.55 bits per heavy atom. The maximum Gasteiger partial charge on any atom is 0.179 e. The quantitative estimate of drug-likeness (QED) is 0.270. The Morgan fingerprint density at radius 1 is 0.810 bits per heavy atom. The normalized spacial score (nSPS) is 17.0. The highest BCUT2D eigenvalue weighted by atomic mass is 15.2. The second-order valence-corrected chi connectivity index (χ2v) is 11.6. The van der Waals surface area contributed by atoms with Crippen LogP contribution in [-0.4, -0.2) is 55.5 Å². The van der Waals surface area contributed by atoms with Crippen LogP contribution in [-0.2, 0) is 6.54 Å². The van der Waals surface area contributed by atoms with Crippen LogP contribution in [0.4, 0.5) is 5.82 Å². The third kappa shape index (κ3) is 4.97. The third-order valence-corrected chi connectivity index (χ3v) is 9.14. The number of benzene rings is 2. The Balaban J connectivity index is 1.17.